The van der Waals surface area contributed by atoms with E-state index in [-0.39, 0.29) is 10.5 Å². The predicted molar refractivity (Wildman–Crippen MR) is 111 cm³/mol. The summed E-state index contributed by atoms with van der Waals surface area (Å²) >= 11 is 5.80. The fourth-order valence-corrected chi connectivity index (χ4v) is 3.61. The first-order chi connectivity index (χ1) is 14.1. The molecule has 0 aliphatic heterocycles. The van der Waals surface area contributed by atoms with Gasteiger partial charge in [0.2, 0.25) is 10.0 Å². The normalized spacial score (nSPS) is 11.1. The van der Waals surface area contributed by atoms with Crippen molar-refractivity contribution < 1.29 is 22.8 Å². The zero-order valence-corrected chi connectivity index (χ0v) is 17.9. The van der Waals surface area contributed by atoms with Gasteiger partial charge in [-0.15, -0.1) is 0 Å². The number of likely N-dealkylation sites (N-methyl/N-ethyl adjacent to an activating group) is 1. The van der Waals surface area contributed by atoms with Gasteiger partial charge in [-0.3, -0.25) is 25.2 Å². The van der Waals surface area contributed by atoms with Gasteiger partial charge in [-0.1, -0.05) is 35.4 Å². The second-order valence-corrected chi connectivity index (χ2v) is 8.84. The van der Waals surface area contributed by atoms with Crippen LogP contribution < -0.4 is 16.2 Å². The van der Waals surface area contributed by atoms with Gasteiger partial charge in [-0.25, -0.2) is 8.42 Å². The maximum absolute atomic E-state index is 12.5. The van der Waals surface area contributed by atoms with Gasteiger partial charge < -0.3 is 5.32 Å². The molecule has 0 aliphatic rings. The molecule has 0 fully saturated rings. The monoisotopic (exact) mass is 452 g/mol. The molecule has 3 N–H and O–H groups in total. The highest BCUT2D eigenvalue weighted by atomic mass is 35.5. The Morgan fingerprint density at radius 2 is 1.63 bits per heavy atom. The number of halogens is 1. The van der Waals surface area contributed by atoms with E-state index in [4.69, 9.17) is 11.6 Å². The zero-order valence-electron chi connectivity index (χ0n) is 16.3. The maximum atomic E-state index is 12.5. The van der Waals surface area contributed by atoms with Crippen LogP contribution >= 0.6 is 11.6 Å². The highest BCUT2D eigenvalue weighted by Gasteiger charge is 2.23. The van der Waals surface area contributed by atoms with Crippen molar-refractivity contribution in [1.82, 2.24) is 20.5 Å². The van der Waals surface area contributed by atoms with Crippen LogP contribution in [0.4, 0.5) is 0 Å². The minimum absolute atomic E-state index is 0.0520. The van der Waals surface area contributed by atoms with Gasteiger partial charge >= 0.3 is 0 Å². The lowest BCUT2D eigenvalue weighted by Gasteiger charge is -2.17. The molecular formula is C19H21ClN4O5S. The third kappa shape index (κ3) is 6.55. The van der Waals surface area contributed by atoms with Gasteiger partial charge in [-0.2, -0.15) is 4.31 Å². The van der Waals surface area contributed by atoms with E-state index in [0.29, 0.717) is 5.02 Å². The van der Waals surface area contributed by atoms with Crippen LogP contribution in [0.3, 0.4) is 0 Å². The SMILES string of the molecule is Cc1ccc(S(=O)(=O)N(C)CC(=O)NNC(=O)CNC(=O)c2cccc(Cl)c2)cc1. The van der Waals surface area contributed by atoms with E-state index in [9.17, 15) is 22.8 Å². The van der Waals surface area contributed by atoms with E-state index in [0.717, 1.165) is 9.87 Å². The van der Waals surface area contributed by atoms with Gasteiger partial charge in [0, 0.05) is 17.6 Å². The average Bonchev–Trinajstić information content (AvgIpc) is 2.70. The van der Waals surface area contributed by atoms with Crippen LogP contribution in [0.5, 0.6) is 0 Å². The number of hydrazine groups is 1. The summed E-state index contributed by atoms with van der Waals surface area (Å²) < 4.78 is 25.8. The highest BCUT2D eigenvalue weighted by Crippen LogP contribution is 2.14. The Morgan fingerprint density at radius 3 is 2.27 bits per heavy atom. The van der Waals surface area contributed by atoms with Crippen LogP contribution in [0.2, 0.25) is 5.02 Å². The van der Waals surface area contributed by atoms with Gasteiger partial charge in [0.15, 0.2) is 0 Å². The Balaban J connectivity index is 1.80. The van der Waals surface area contributed by atoms with Crippen LogP contribution in [0.1, 0.15) is 15.9 Å². The Hall–Kier alpha value is -2.95. The summed E-state index contributed by atoms with van der Waals surface area (Å²) in [6, 6.07) is 12.4. The summed E-state index contributed by atoms with van der Waals surface area (Å²) in [7, 11) is -2.60. The molecule has 30 heavy (non-hydrogen) atoms. The number of rotatable bonds is 7. The number of hydrogen-bond acceptors (Lipinski definition) is 5. The van der Waals surface area contributed by atoms with Crippen LogP contribution in [0.25, 0.3) is 0 Å². The fraction of sp³-hybridized carbons (Fsp3) is 0.211. The smallest absolute Gasteiger partial charge is 0.257 e. The van der Waals surface area contributed by atoms with E-state index in [1.54, 1.807) is 24.3 Å². The van der Waals surface area contributed by atoms with Crippen molar-refractivity contribution in [2.24, 2.45) is 0 Å². The summed E-state index contributed by atoms with van der Waals surface area (Å²) in [5, 5.41) is 2.75. The van der Waals surface area contributed by atoms with Crippen molar-refractivity contribution in [3.63, 3.8) is 0 Å². The maximum Gasteiger partial charge on any atom is 0.257 e. The molecule has 0 radical (unpaired) electrons. The van der Waals surface area contributed by atoms with Gasteiger partial charge in [0.1, 0.15) is 0 Å². The molecule has 0 bridgehead atoms. The van der Waals surface area contributed by atoms with Crippen molar-refractivity contribution in [3.05, 3.63) is 64.7 Å². The molecule has 2 aromatic carbocycles. The Morgan fingerprint density at radius 1 is 1.00 bits per heavy atom. The number of amides is 3. The first kappa shape index (κ1) is 23.3. The van der Waals surface area contributed by atoms with E-state index in [2.05, 4.69) is 16.2 Å². The van der Waals surface area contributed by atoms with E-state index < -0.39 is 40.8 Å². The molecule has 3 amide bonds. The number of carbonyl (C=O) groups is 3. The lowest BCUT2D eigenvalue weighted by molar-refractivity contribution is -0.128. The van der Waals surface area contributed by atoms with Gasteiger partial charge in [0.25, 0.3) is 17.7 Å². The van der Waals surface area contributed by atoms with Crippen molar-refractivity contribution >= 4 is 39.3 Å². The van der Waals surface area contributed by atoms with Crippen LogP contribution in [-0.4, -0.2) is 50.6 Å². The quantitative estimate of drug-likeness (QED) is 0.537. The molecule has 2 rings (SSSR count). The molecule has 0 aliphatic carbocycles. The highest BCUT2D eigenvalue weighted by molar-refractivity contribution is 7.89. The largest absolute Gasteiger partial charge is 0.343 e. The molecule has 0 atom stereocenters. The molecule has 0 saturated carbocycles. The second-order valence-electron chi connectivity index (χ2n) is 6.36. The molecule has 0 saturated heterocycles. The Labute approximate surface area is 179 Å². The molecule has 160 valence electrons. The number of aryl methyl sites for hydroxylation is 1. The Bertz CT molecular complexity index is 1040. The molecule has 9 nitrogen and oxygen atoms in total. The van der Waals surface area contributed by atoms with Crippen molar-refractivity contribution in [2.45, 2.75) is 11.8 Å². The average molecular weight is 453 g/mol. The molecule has 0 aromatic heterocycles. The third-order valence-electron chi connectivity index (χ3n) is 3.93. The summed E-state index contributed by atoms with van der Waals surface area (Å²) in [6.45, 7) is 0.919. The lowest BCUT2D eigenvalue weighted by atomic mass is 10.2. The Kier molecular flexibility index (Phi) is 7.93. The van der Waals surface area contributed by atoms with E-state index in [1.807, 2.05) is 6.92 Å². The number of carbonyl (C=O) groups excluding carboxylic acids is 3. The first-order valence-corrected chi connectivity index (χ1v) is 10.6. The summed E-state index contributed by atoms with van der Waals surface area (Å²) in [6.07, 6.45) is 0. The fourth-order valence-electron chi connectivity index (χ4n) is 2.29. The molecular weight excluding hydrogens is 432 g/mol. The lowest BCUT2D eigenvalue weighted by Crippen LogP contribution is -2.49. The van der Waals surface area contributed by atoms with Gasteiger partial charge in [-0.05, 0) is 37.3 Å². The minimum atomic E-state index is -3.85. The summed E-state index contributed by atoms with van der Waals surface area (Å²) in [4.78, 5) is 35.7. The standard InChI is InChI=1S/C19H21ClN4O5S/c1-13-6-8-16(9-7-13)30(28,29)24(2)12-18(26)23-22-17(25)11-21-19(27)14-4-3-5-15(20)10-14/h3-10H,11-12H2,1-2H3,(H,21,27)(H,22,25)(H,23,26). The minimum Gasteiger partial charge on any atom is -0.343 e. The summed E-state index contributed by atoms with van der Waals surface area (Å²) in [5.74, 6) is -1.95. The number of nitrogens with zero attached hydrogens (tertiary/aromatic N) is 1. The van der Waals surface area contributed by atoms with Crippen LogP contribution in [0.15, 0.2) is 53.4 Å². The van der Waals surface area contributed by atoms with Gasteiger partial charge in [0.05, 0.1) is 18.0 Å². The van der Waals surface area contributed by atoms with Crippen molar-refractivity contribution in [3.8, 4) is 0 Å². The van der Waals surface area contributed by atoms with E-state index in [1.165, 1.54) is 31.3 Å². The third-order valence-corrected chi connectivity index (χ3v) is 5.99. The zero-order chi connectivity index (χ0) is 22.3. The number of hydrogen-bond donors (Lipinski definition) is 3. The van der Waals surface area contributed by atoms with Crippen LogP contribution in [0, 0.1) is 6.92 Å². The van der Waals surface area contributed by atoms with Crippen molar-refractivity contribution in [2.75, 3.05) is 20.1 Å². The number of benzene rings is 2. The number of sulfonamides is 1. The van der Waals surface area contributed by atoms with E-state index >= 15 is 0 Å². The molecule has 2 aromatic rings. The van der Waals surface area contributed by atoms with Crippen molar-refractivity contribution in [1.29, 1.82) is 0 Å². The number of nitrogens with one attached hydrogen (secondary N) is 3. The molecule has 0 spiro atoms. The summed E-state index contributed by atoms with van der Waals surface area (Å²) in [5.41, 5.74) is 5.39. The molecule has 11 heteroatoms. The predicted octanol–water partition coefficient (Wildman–Crippen LogP) is 0.846. The topological polar surface area (TPSA) is 125 Å². The molecule has 0 heterocycles. The van der Waals surface area contributed by atoms with Crippen LogP contribution in [-0.2, 0) is 19.6 Å². The first-order valence-electron chi connectivity index (χ1n) is 8.74. The second kappa shape index (κ2) is 10.2. The molecule has 0 unspecified atom stereocenters.